The standard InChI is InChI=1S/C11H22N2O2/c1-7(2)9(6-14)13(5)11(15)10(12)8(3)4/h6-10H,12H2,1-5H3/t9-,10+/m1/s1. The Morgan fingerprint density at radius 1 is 1.20 bits per heavy atom. The Balaban J connectivity index is 4.61. The minimum atomic E-state index is -0.531. The number of rotatable bonds is 5. The Morgan fingerprint density at radius 2 is 1.67 bits per heavy atom. The lowest BCUT2D eigenvalue weighted by Gasteiger charge is -2.30. The van der Waals surface area contributed by atoms with Crippen LogP contribution in [-0.4, -0.2) is 36.2 Å². The third kappa shape index (κ3) is 3.63. The summed E-state index contributed by atoms with van der Waals surface area (Å²) in [5.41, 5.74) is 5.75. The van der Waals surface area contributed by atoms with E-state index in [1.807, 2.05) is 27.7 Å². The molecule has 0 bridgehead atoms. The number of hydrogen-bond donors (Lipinski definition) is 1. The van der Waals surface area contributed by atoms with Crippen molar-refractivity contribution in [2.75, 3.05) is 7.05 Å². The number of hydrogen-bond acceptors (Lipinski definition) is 3. The lowest BCUT2D eigenvalue weighted by Crippen LogP contribution is -2.50. The summed E-state index contributed by atoms with van der Waals surface area (Å²) in [7, 11) is 1.63. The number of carbonyl (C=O) groups is 2. The van der Waals surface area contributed by atoms with Gasteiger partial charge in [-0.3, -0.25) is 4.79 Å². The molecule has 0 rings (SSSR count). The molecule has 2 N–H and O–H groups in total. The van der Waals surface area contributed by atoms with Gasteiger partial charge >= 0.3 is 0 Å². The lowest BCUT2D eigenvalue weighted by molar-refractivity contribution is -0.138. The van der Waals surface area contributed by atoms with Crippen molar-refractivity contribution in [2.45, 2.75) is 39.8 Å². The average Bonchev–Trinajstić information content (AvgIpc) is 2.15. The molecular formula is C11H22N2O2. The van der Waals surface area contributed by atoms with E-state index in [0.29, 0.717) is 0 Å². The normalized spacial score (nSPS) is 15.2. The molecule has 0 aromatic rings. The van der Waals surface area contributed by atoms with Gasteiger partial charge in [0.2, 0.25) is 5.91 Å². The Bertz CT molecular complexity index is 227. The first-order valence-electron chi connectivity index (χ1n) is 5.30. The first-order chi connectivity index (χ1) is 6.82. The van der Waals surface area contributed by atoms with E-state index in [9.17, 15) is 9.59 Å². The van der Waals surface area contributed by atoms with Gasteiger partial charge in [0.25, 0.3) is 0 Å². The minimum absolute atomic E-state index is 0.0828. The van der Waals surface area contributed by atoms with Gasteiger partial charge in [-0.2, -0.15) is 0 Å². The van der Waals surface area contributed by atoms with E-state index in [0.717, 1.165) is 6.29 Å². The zero-order valence-electron chi connectivity index (χ0n) is 10.2. The van der Waals surface area contributed by atoms with Crippen LogP contribution in [0.3, 0.4) is 0 Å². The Hall–Kier alpha value is -0.900. The van der Waals surface area contributed by atoms with Gasteiger partial charge in [-0.05, 0) is 11.8 Å². The van der Waals surface area contributed by atoms with Crippen molar-refractivity contribution in [3.05, 3.63) is 0 Å². The number of amides is 1. The van der Waals surface area contributed by atoms with Crippen LogP contribution in [0.5, 0.6) is 0 Å². The molecule has 15 heavy (non-hydrogen) atoms. The highest BCUT2D eigenvalue weighted by atomic mass is 16.2. The second kappa shape index (κ2) is 5.85. The van der Waals surface area contributed by atoms with Gasteiger partial charge in [0.1, 0.15) is 6.29 Å². The van der Waals surface area contributed by atoms with E-state index in [2.05, 4.69) is 0 Å². The molecule has 2 atom stereocenters. The smallest absolute Gasteiger partial charge is 0.240 e. The van der Waals surface area contributed by atoms with Crippen molar-refractivity contribution in [3.8, 4) is 0 Å². The fourth-order valence-corrected chi connectivity index (χ4v) is 1.36. The maximum Gasteiger partial charge on any atom is 0.240 e. The summed E-state index contributed by atoms with van der Waals surface area (Å²) < 4.78 is 0. The molecule has 0 saturated heterocycles. The molecule has 0 aromatic carbocycles. The molecule has 0 radical (unpaired) electrons. The van der Waals surface area contributed by atoms with Gasteiger partial charge in [0.15, 0.2) is 0 Å². The zero-order chi connectivity index (χ0) is 12.2. The summed E-state index contributed by atoms with van der Waals surface area (Å²) in [6.07, 6.45) is 0.801. The highest BCUT2D eigenvalue weighted by molar-refractivity contribution is 5.84. The molecule has 0 fully saturated rings. The summed E-state index contributed by atoms with van der Waals surface area (Å²) in [5.74, 6) is 0.0195. The van der Waals surface area contributed by atoms with E-state index in [1.165, 1.54) is 4.90 Å². The minimum Gasteiger partial charge on any atom is -0.334 e. The van der Waals surface area contributed by atoms with Crippen molar-refractivity contribution in [3.63, 3.8) is 0 Å². The van der Waals surface area contributed by atoms with E-state index >= 15 is 0 Å². The molecular weight excluding hydrogens is 192 g/mol. The highest BCUT2D eigenvalue weighted by Crippen LogP contribution is 2.10. The Morgan fingerprint density at radius 3 is 1.93 bits per heavy atom. The largest absolute Gasteiger partial charge is 0.334 e. The molecule has 0 unspecified atom stereocenters. The lowest BCUT2D eigenvalue weighted by atomic mass is 10.0. The van der Waals surface area contributed by atoms with Gasteiger partial charge in [0.05, 0.1) is 12.1 Å². The molecule has 0 saturated carbocycles. The number of nitrogens with zero attached hydrogens (tertiary/aromatic N) is 1. The quantitative estimate of drug-likeness (QED) is 0.683. The van der Waals surface area contributed by atoms with Crippen LogP contribution in [0.4, 0.5) is 0 Å². The van der Waals surface area contributed by atoms with Gasteiger partial charge in [-0.15, -0.1) is 0 Å². The third-order valence-corrected chi connectivity index (χ3v) is 2.62. The van der Waals surface area contributed by atoms with Crippen LogP contribution in [0.15, 0.2) is 0 Å². The fourth-order valence-electron chi connectivity index (χ4n) is 1.36. The second-order valence-electron chi connectivity index (χ2n) is 4.59. The Kier molecular flexibility index (Phi) is 5.50. The molecule has 0 aliphatic carbocycles. The van der Waals surface area contributed by atoms with Crippen molar-refractivity contribution in [1.29, 1.82) is 0 Å². The molecule has 0 aromatic heterocycles. The number of nitrogens with two attached hydrogens (primary N) is 1. The summed E-state index contributed by atoms with van der Waals surface area (Å²) in [4.78, 5) is 24.1. The average molecular weight is 214 g/mol. The molecule has 1 amide bonds. The summed E-state index contributed by atoms with van der Waals surface area (Å²) in [6, 6.07) is -0.918. The van der Waals surface area contributed by atoms with Crippen LogP contribution in [0, 0.1) is 11.8 Å². The molecule has 4 nitrogen and oxygen atoms in total. The van der Waals surface area contributed by atoms with Crippen LogP contribution < -0.4 is 5.73 Å². The summed E-state index contributed by atoms with van der Waals surface area (Å²) in [5, 5.41) is 0. The second-order valence-corrected chi connectivity index (χ2v) is 4.59. The third-order valence-electron chi connectivity index (χ3n) is 2.62. The van der Waals surface area contributed by atoms with Crippen LogP contribution in [0.2, 0.25) is 0 Å². The first-order valence-corrected chi connectivity index (χ1v) is 5.30. The maximum atomic E-state index is 11.8. The summed E-state index contributed by atoms with van der Waals surface area (Å²) >= 11 is 0. The van der Waals surface area contributed by atoms with Crippen LogP contribution in [-0.2, 0) is 9.59 Å². The van der Waals surface area contributed by atoms with Crippen molar-refractivity contribution < 1.29 is 9.59 Å². The van der Waals surface area contributed by atoms with Crippen molar-refractivity contribution >= 4 is 12.2 Å². The molecule has 88 valence electrons. The monoisotopic (exact) mass is 214 g/mol. The summed E-state index contributed by atoms with van der Waals surface area (Å²) in [6.45, 7) is 7.59. The fraction of sp³-hybridized carbons (Fsp3) is 0.818. The van der Waals surface area contributed by atoms with Gasteiger partial charge in [-0.25, -0.2) is 0 Å². The van der Waals surface area contributed by atoms with Gasteiger partial charge in [-0.1, -0.05) is 27.7 Å². The van der Waals surface area contributed by atoms with Gasteiger partial charge in [0, 0.05) is 7.05 Å². The predicted molar refractivity (Wildman–Crippen MR) is 60.3 cm³/mol. The molecule has 0 heterocycles. The van der Waals surface area contributed by atoms with E-state index in [-0.39, 0.29) is 23.8 Å². The van der Waals surface area contributed by atoms with Crippen molar-refractivity contribution in [1.82, 2.24) is 4.90 Å². The van der Waals surface area contributed by atoms with Crippen LogP contribution in [0.25, 0.3) is 0 Å². The molecule has 0 aliphatic heterocycles. The van der Waals surface area contributed by atoms with Crippen molar-refractivity contribution in [2.24, 2.45) is 17.6 Å². The molecule has 4 heteroatoms. The number of likely N-dealkylation sites (N-methyl/N-ethyl adjacent to an activating group) is 1. The predicted octanol–water partition coefficient (Wildman–Crippen LogP) is 0.652. The van der Waals surface area contributed by atoms with Crippen LogP contribution in [0.1, 0.15) is 27.7 Å². The number of carbonyl (C=O) groups excluding carboxylic acids is 2. The topological polar surface area (TPSA) is 63.4 Å². The van der Waals surface area contributed by atoms with E-state index in [4.69, 9.17) is 5.73 Å². The zero-order valence-corrected chi connectivity index (χ0v) is 10.2. The van der Waals surface area contributed by atoms with E-state index in [1.54, 1.807) is 7.05 Å². The number of aldehydes is 1. The maximum absolute atomic E-state index is 11.8. The first kappa shape index (κ1) is 14.1. The molecule has 0 aliphatic rings. The van der Waals surface area contributed by atoms with Gasteiger partial charge < -0.3 is 15.4 Å². The van der Waals surface area contributed by atoms with Crippen LogP contribution >= 0.6 is 0 Å². The highest BCUT2D eigenvalue weighted by Gasteiger charge is 2.27. The van der Waals surface area contributed by atoms with E-state index < -0.39 is 6.04 Å². The molecule has 0 spiro atoms. The SMILES string of the molecule is CC(C)[C@H](N)C(=O)N(C)[C@H](C=O)C(C)C. The Labute approximate surface area is 91.8 Å².